The van der Waals surface area contributed by atoms with Gasteiger partial charge in [0.15, 0.2) is 0 Å². The molecular weight excluding hydrogens is 326 g/mol. The van der Waals surface area contributed by atoms with Crippen LogP contribution in [-0.2, 0) is 9.59 Å². The molecule has 0 aromatic heterocycles. The molecule has 0 aliphatic carbocycles. The molecule has 0 aliphatic rings. The molecule has 0 radical (unpaired) electrons. The summed E-state index contributed by atoms with van der Waals surface area (Å²) in [5.41, 5.74) is 0. The Balaban J connectivity index is 1.89. The quantitative estimate of drug-likeness (QED) is 0.258. The monoisotopic (exact) mass is 361 g/mol. The largest absolute Gasteiger partial charge is 0.427 e. The highest BCUT2D eigenvalue weighted by molar-refractivity contribution is 5.75. The van der Waals surface area contributed by atoms with Crippen LogP contribution in [0.15, 0.2) is 30.3 Å². The van der Waals surface area contributed by atoms with Gasteiger partial charge in [-0.25, -0.2) is 0 Å². The van der Waals surface area contributed by atoms with Crippen molar-refractivity contribution in [3.8, 4) is 5.75 Å². The molecule has 4 heteroatoms. The molecule has 0 spiro atoms. The van der Waals surface area contributed by atoms with Crippen molar-refractivity contribution >= 4 is 11.9 Å². The van der Waals surface area contributed by atoms with Gasteiger partial charge < -0.3 is 10.1 Å². The van der Waals surface area contributed by atoms with Crippen molar-refractivity contribution in [2.24, 2.45) is 0 Å². The van der Waals surface area contributed by atoms with E-state index in [0.717, 1.165) is 32.1 Å². The topological polar surface area (TPSA) is 55.4 Å². The SMILES string of the molecule is CCCCCCCCCC(=O)NCCCCCC(=O)Oc1ccccc1. The lowest BCUT2D eigenvalue weighted by atomic mass is 10.1. The van der Waals surface area contributed by atoms with Gasteiger partial charge in [0, 0.05) is 19.4 Å². The van der Waals surface area contributed by atoms with Crippen LogP contribution >= 0.6 is 0 Å². The van der Waals surface area contributed by atoms with Crippen LogP contribution in [-0.4, -0.2) is 18.4 Å². The summed E-state index contributed by atoms with van der Waals surface area (Å²) in [6.07, 6.45) is 12.3. The molecule has 0 aliphatic heterocycles. The Kier molecular flexibility index (Phi) is 13.2. The van der Waals surface area contributed by atoms with E-state index in [0.29, 0.717) is 25.1 Å². The molecule has 0 heterocycles. The summed E-state index contributed by atoms with van der Waals surface area (Å²) >= 11 is 0. The molecule has 1 aromatic carbocycles. The zero-order chi connectivity index (χ0) is 18.9. The lowest BCUT2D eigenvalue weighted by Gasteiger charge is -2.06. The van der Waals surface area contributed by atoms with E-state index < -0.39 is 0 Å². The van der Waals surface area contributed by atoms with E-state index in [2.05, 4.69) is 12.2 Å². The predicted molar refractivity (Wildman–Crippen MR) is 106 cm³/mol. The molecule has 1 rings (SSSR count). The van der Waals surface area contributed by atoms with Gasteiger partial charge in [0.05, 0.1) is 0 Å². The van der Waals surface area contributed by atoms with Gasteiger partial charge in [0.1, 0.15) is 5.75 Å². The van der Waals surface area contributed by atoms with Crippen molar-refractivity contribution in [3.05, 3.63) is 30.3 Å². The van der Waals surface area contributed by atoms with E-state index in [1.54, 1.807) is 12.1 Å². The first kappa shape index (κ1) is 22.2. The predicted octanol–water partition coefficient (Wildman–Crippen LogP) is 5.41. The van der Waals surface area contributed by atoms with Gasteiger partial charge >= 0.3 is 5.97 Å². The van der Waals surface area contributed by atoms with Gasteiger partial charge in [-0.05, 0) is 31.4 Å². The minimum Gasteiger partial charge on any atom is -0.427 e. The van der Waals surface area contributed by atoms with Crippen LogP contribution in [0.25, 0.3) is 0 Å². The molecule has 1 amide bonds. The summed E-state index contributed by atoms with van der Waals surface area (Å²) in [6.45, 7) is 2.92. The third-order valence-corrected chi connectivity index (χ3v) is 4.36. The highest BCUT2D eigenvalue weighted by Gasteiger charge is 2.04. The number of carbonyl (C=O) groups excluding carboxylic acids is 2. The van der Waals surface area contributed by atoms with Crippen LogP contribution < -0.4 is 10.1 Å². The summed E-state index contributed by atoms with van der Waals surface area (Å²) < 4.78 is 5.24. The minimum atomic E-state index is -0.195. The second-order valence-corrected chi connectivity index (χ2v) is 6.82. The maximum absolute atomic E-state index is 11.7. The van der Waals surface area contributed by atoms with Crippen LogP contribution in [0.5, 0.6) is 5.75 Å². The Morgan fingerprint density at radius 1 is 0.808 bits per heavy atom. The van der Waals surface area contributed by atoms with Gasteiger partial charge in [-0.2, -0.15) is 0 Å². The Morgan fingerprint density at radius 3 is 2.15 bits per heavy atom. The number of hydrogen-bond donors (Lipinski definition) is 1. The van der Waals surface area contributed by atoms with Gasteiger partial charge in [-0.15, -0.1) is 0 Å². The Hall–Kier alpha value is -1.84. The standard InChI is InChI=1S/C22H35NO3/c1-2-3-4-5-6-7-12-17-21(24)23-19-14-9-13-18-22(25)26-20-15-10-8-11-16-20/h8,10-11,15-16H,2-7,9,12-14,17-19H2,1H3,(H,23,24). The zero-order valence-electron chi connectivity index (χ0n) is 16.3. The molecule has 0 unspecified atom stereocenters. The van der Waals surface area contributed by atoms with Gasteiger partial charge in [-0.1, -0.05) is 70.1 Å². The molecule has 0 saturated heterocycles. The highest BCUT2D eigenvalue weighted by Crippen LogP contribution is 2.11. The van der Waals surface area contributed by atoms with Crippen LogP contribution in [0.4, 0.5) is 0 Å². The summed E-state index contributed by atoms with van der Waals surface area (Å²) in [4.78, 5) is 23.4. The molecule has 1 aromatic rings. The second-order valence-electron chi connectivity index (χ2n) is 6.82. The number of hydrogen-bond acceptors (Lipinski definition) is 3. The van der Waals surface area contributed by atoms with Crippen LogP contribution in [0.3, 0.4) is 0 Å². The number of esters is 1. The third kappa shape index (κ3) is 12.5. The smallest absolute Gasteiger partial charge is 0.311 e. The number of benzene rings is 1. The van der Waals surface area contributed by atoms with Crippen molar-refractivity contribution in [2.75, 3.05) is 6.54 Å². The number of unbranched alkanes of at least 4 members (excludes halogenated alkanes) is 8. The summed E-state index contributed by atoms with van der Waals surface area (Å²) in [6, 6.07) is 9.13. The van der Waals surface area contributed by atoms with E-state index in [1.807, 2.05) is 18.2 Å². The van der Waals surface area contributed by atoms with Crippen molar-refractivity contribution in [2.45, 2.75) is 84.0 Å². The average molecular weight is 362 g/mol. The lowest BCUT2D eigenvalue weighted by Crippen LogP contribution is -2.24. The van der Waals surface area contributed by atoms with Crippen molar-refractivity contribution in [3.63, 3.8) is 0 Å². The van der Waals surface area contributed by atoms with Crippen LogP contribution in [0.1, 0.15) is 84.0 Å². The number of amides is 1. The molecule has 146 valence electrons. The summed E-state index contributed by atoms with van der Waals surface area (Å²) in [5, 5.41) is 2.97. The molecule has 4 nitrogen and oxygen atoms in total. The number of para-hydroxylation sites is 1. The molecule has 26 heavy (non-hydrogen) atoms. The first-order valence-corrected chi connectivity index (χ1v) is 10.2. The molecule has 0 saturated carbocycles. The first-order valence-electron chi connectivity index (χ1n) is 10.2. The van der Waals surface area contributed by atoms with E-state index >= 15 is 0 Å². The van der Waals surface area contributed by atoms with E-state index in [1.165, 1.54) is 32.1 Å². The Morgan fingerprint density at radius 2 is 1.42 bits per heavy atom. The average Bonchev–Trinajstić information content (AvgIpc) is 2.64. The zero-order valence-corrected chi connectivity index (χ0v) is 16.3. The van der Waals surface area contributed by atoms with E-state index in [-0.39, 0.29) is 11.9 Å². The third-order valence-electron chi connectivity index (χ3n) is 4.36. The Labute approximate surface area is 158 Å². The maximum atomic E-state index is 11.7. The lowest BCUT2D eigenvalue weighted by molar-refractivity contribution is -0.134. The number of ether oxygens (including phenoxy) is 1. The summed E-state index contributed by atoms with van der Waals surface area (Å²) in [7, 11) is 0. The molecule has 0 fully saturated rings. The molecule has 1 N–H and O–H groups in total. The highest BCUT2D eigenvalue weighted by atomic mass is 16.5. The number of carbonyl (C=O) groups is 2. The second kappa shape index (κ2) is 15.4. The molecule has 0 atom stereocenters. The fraction of sp³-hybridized carbons (Fsp3) is 0.636. The van der Waals surface area contributed by atoms with Gasteiger partial charge in [0.25, 0.3) is 0 Å². The van der Waals surface area contributed by atoms with Gasteiger partial charge in [-0.3, -0.25) is 9.59 Å². The van der Waals surface area contributed by atoms with Crippen molar-refractivity contribution in [1.82, 2.24) is 5.32 Å². The van der Waals surface area contributed by atoms with Crippen molar-refractivity contribution in [1.29, 1.82) is 0 Å². The molecular formula is C22H35NO3. The number of nitrogens with one attached hydrogen (secondary N) is 1. The van der Waals surface area contributed by atoms with Crippen LogP contribution in [0, 0.1) is 0 Å². The minimum absolute atomic E-state index is 0.155. The van der Waals surface area contributed by atoms with Crippen molar-refractivity contribution < 1.29 is 14.3 Å². The normalized spacial score (nSPS) is 10.5. The fourth-order valence-corrected chi connectivity index (χ4v) is 2.80. The fourth-order valence-electron chi connectivity index (χ4n) is 2.80. The summed E-state index contributed by atoms with van der Waals surface area (Å²) in [5.74, 6) is 0.552. The Bertz CT molecular complexity index is 487. The number of rotatable bonds is 15. The van der Waals surface area contributed by atoms with Crippen LogP contribution in [0.2, 0.25) is 0 Å². The molecule has 0 bridgehead atoms. The maximum Gasteiger partial charge on any atom is 0.311 e. The van der Waals surface area contributed by atoms with E-state index in [9.17, 15) is 9.59 Å². The van der Waals surface area contributed by atoms with Gasteiger partial charge in [0.2, 0.25) is 5.91 Å². The van der Waals surface area contributed by atoms with E-state index in [4.69, 9.17) is 4.74 Å². The first-order chi connectivity index (χ1) is 12.7.